The number of hydrogen-bond acceptors (Lipinski definition) is 2. The topological polar surface area (TPSA) is 64.7 Å². The number of hydrogen-bond donors (Lipinski definition) is 1. The first-order valence-electron chi connectivity index (χ1n) is 2.75. The summed E-state index contributed by atoms with van der Waals surface area (Å²) in [4.78, 5) is 13.8. The maximum atomic E-state index is 10.5. The molecule has 0 unspecified atom stereocenters. The Morgan fingerprint density at radius 1 is 1.90 bits per heavy atom. The summed E-state index contributed by atoms with van der Waals surface area (Å²) >= 11 is 0. The molecule has 0 spiro atoms. The molecular weight excluding hydrogens is 132 g/mol. The lowest BCUT2D eigenvalue weighted by molar-refractivity contribution is 0.170. The van der Waals surface area contributed by atoms with Gasteiger partial charge < -0.3 is 10.5 Å². The molecule has 0 heterocycles. The highest BCUT2D eigenvalue weighted by molar-refractivity contribution is 5.88. The van der Waals surface area contributed by atoms with Gasteiger partial charge in [-0.3, -0.25) is 0 Å². The van der Waals surface area contributed by atoms with Gasteiger partial charge >= 0.3 is 6.09 Å². The SMILES string of the molecule is C=CCOC(=O)N=C(C)N. The van der Waals surface area contributed by atoms with Crippen LogP contribution >= 0.6 is 0 Å². The zero-order chi connectivity index (χ0) is 7.98. The van der Waals surface area contributed by atoms with Crippen molar-refractivity contribution < 1.29 is 9.53 Å². The summed E-state index contributed by atoms with van der Waals surface area (Å²) < 4.78 is 4.48. The van der Waals surface area contributed by atoms with E-state index in [0.717, 1.165) is 0 Å². The Morgan fingerprint density at radius 2 is 2.50 bits per heavy atom. The van der Waals surface area contributed by atoms with Crippen molar-refractivity contribution in [2.45, 2.75) is 6.92 Å². The molecule has 0 aromatic carbocycles. The fourth-order valence-corrected chi connectivity index (χ4v) is 0.306. The predicted octanol–water partition coefficient (Wildman–Crippen LogP) is 0.686. The highest BCUT2D eigenvalue weighted by atomic mass is 16.5. The van der Waals surface area contributed by atoms with Gasteiger partial charge in [-0.05, 0) is 6.92 Å². The van der Waals surface area contributed by atoms with E-state index in [-0.39, 0.29) is 12.4 Å². The second-order valence-electron chi connectivity index (χ2n) is 1.62. The highest BCUT2D eigenvalue weighted by Gasteiger charge is 1.95. The molecule has 0 saturated heterocycles. The molecule has 2 N–H and O–H groups in total. The number of nitrogens with zero attached hydrogens (tertiary/aromatic N) is 1. The third kappa shape index (κ3) is 4.83. The van der Waals surface area contributed by atoms with Gasteiger partial charge in [-0.1, -0.05) is 12.7 Å². The van der Waals surface area contributed by atoms with E-state index in [9.17, 15) is 4.79 Å². The number of nitrogens with two attached hydrogens (primary N) is 1. The van der Waals surface area contributed by atoms with Gasteiger partial charge in [0, 0.05) is 0 Å². The van der Waals surface area contributed by atoms with Crippen molar-refractivity contribution in [1.29, 1.82) is 0 Å². The van der Waals surface area contributed by atoms with Gasteiger partial charge in [-0.15, -0.1) is 0 Å². The summed E-state index contributed by atoms with van der Waals surface area (Å²) in [6, 6.07) is 0. The van der Waals surface area contributed by atoms with E-state index in [1.54, 1.807) is 0 Å². The summed E-state index contributed by atoms with van der Waals surface area (Å²) in [5.74, 6) is 0.189. The van der Waals surface area contributed by atoms with Crippen LogP contribution in [0.5, 0.6) is 0 Å². The second kappa shape index (κ2) is 4.55. The van der Waals surface area contributed by atoms with E-state index < -0.39 is 6.09 Å². The minimum absolute atomic E-state index is 0.162. The van der Waals surface area contributed by atoms with Gasteiger partial charge in [0.25, 0.3) is 0 Å². The number of amidine groups is 1. The lowest BCUT2D eigenvalue weighted by Gasteiger charge is -1.94. The van der Waals surface area contributed by atoms with Crippen molar-refractivity contribution in [2.24, 2.45) is 10.7 Å². The highest BCUT2D eigenvalue weighted by Crippen LogP contribution is 1.83. The zero-order valence-electron chi connectivity index (χ0n) is 5.83. The van der Waals surface area contributed by atoms with E-state index >= 15 is 0 Å². The molecule has 0 rings (SSSR count). The van der Waals surface area contributed by atoms with Crippen molar-refractivity contribution in [3.8, 4) is 0 Å². The molecule has 0 fully saturated rings. The predicted molar refractivity (Wildman–Crippen MR) is 38.8 cm³/mol. The van der Waals surface area contributed by atoms with Gasteiger partial charge in [-0.2, -0.15) is 4.99 Å². The summed E-state index contributed by atoms with van der Waals surface area (Å²) in [6.07, 6.45) is 0.777. The molecule has 0 aliphatic carbocycles. The van der Waals surface area contributed by atoms with Crippen molar-refractivity contribution in [2.75, 3.05) is 6.61 Å². The summed E-state index contributed by atoms with van der Waals surface area (Å²) in [5, 5.41) is 0. The van der Waals surface area contributed by atoms with Crippen LogP contribution in [0.4, 0.5) is 4.79 Å². The van der Waals surface area contributed by atoms with Crippen LogP contribution in [0.15, 0.2) is 17.6 Å². The second-order valence-corrected chi connectivity index (χ2v) is 1.62. The number of amides is 1. The molecule has 0 atom stereocenters. The lowest BCUT2D eigenvalue weighted by atomic mass is 10.7. The van der Waals surface area contributed by atoms with Crippen LogP contribution in [0.2, 0.25) is 0 Å². The molecule has 0 aromatic rings. The first-order valence-corrected chi connectivity index (χ1v) is 2.75. The van der Waals surface area contributed by atoms with Gasteiger partial charge in [0.15, 0.2) is 0 Å². The molecule has 0 radical (unpaired) electrons. The van der Waals surface area contributed by atoms with Crippen LogP contribution in [0, 0.1) is 0 Å². The largest absolute Gasteiger partial charge is 0.444 e. The molecule has 0 aliphatic heterocycles. The minimum atomic E-state index is -0.681. The van der Waals surface area contributed by atoms with Crippen LogP contribution in [-0.2, 0) is 4.74 Å². The van der Waals surface area contributed by atoms with Crippen LogP contribution in [0.3, 0.4) is 0 Å². The van der Waals surface area contributed by atoms with Crippen molar-refractivity contribution in [3.05, 3.63) is 12.7 Å². The molecule has 0 aromatic heterocycles. The Bertz CT molecular complexity index is 159. The third-order valence-electron chi connectivity index (χ3n) is 0.592. The fraction of sp³-hybridized carbons (Fsp3) is 0.333. The molecule has 4 nitrogen and oxygen atoms in total. The van der Waals surface area contributed by atoms with Crippen molar-refractivity contribution in [3.63, 3.8) is 0 Å². The first kappa shape index (κ1) is 8.68. The van der Waals surface area contributed by atoms with Crippen LogP contribution in [-0.4, -0.2) is 18.5 Å². The monoisotopic (exact) mass is 142 g/mol. The van der Waals surface area contributed by atoms with Crippen molar-refractivity contribution in [1.82, 2.24) is 0 Å². The van der Waals surface area contributed by atoms with Crippen LogP contribution in [0.1, 0.15) is 6.92 Å². The third-order valence-corrected chi connectivity index (χ3v) is 0.592. The lowest BCUT2D eigenvalue weighted by Crippen LogP contribution is -2.10. The average Bonchev–Trinajstić information content (AvgIpc) is 1.82. The van der Waals surface area contributed by atoms with E-state index in [0.29, 0.717) is 0 Å². The maximum absolute atomic E-state index is 10.5. The molecule has 0 bridgehead atoms. The number of carbonyl (C=O) groups excluding carboxylic acids is 1. The summed E-state index contributed by atoms with van der Waals surface area (Å²) in [7, 11) is 0. The van der Waals surface area contributed by atoms with Gasteiger partial charge in [0.2, 0.25) is 0 Å². The summed E-state index contributed by atoms with van der Waals surface area (Å²) in [6.45, 7) is 5.03. The zero-order valence-corrected chi connectivity index (χ0v) is 5.83. The molecule has 10 heavy (non-hydrogen) atoms. The van der Waals surface area contributed by atoms with E-state index in [4.69, 9.17) is 5.73 Å². The smallest absolute Gasteiger partial charge is 0.435 e. The van der Waals surface area contributed by atoms with Gasteiger partial charge in [0.1, 0.15) is 12.4 Å². The van der Waals surface area contributed by atoms with Crippen LogP contribution < -0.4 is 5.73 Å². The normalized spacial score (nSPS) is 10.7. The Labute approximate surface area is 59.4 Å². The molecule has 0 aliphatic rings. The van der Waals surface area contributed by atoms with E-state index in [2.05, 4.69) is 16.3 Å². The average molecular weight is 142 g/mol. The number of ether oxygens (including phenoxy) is 1. The first-order chi connectivity index (χ1) is 4.66. The minimum Gasteiger partial charge on any atom is -0.444 e. The maximum Gasteiger partial charge on any atom is 0.435 e. The fourth-order valence-electron chi connectivity index (χ4n) is 0.306. The Kier molecular flexibility index (Phi) is 3.95. The van der Waals surface area contributed by atoms with Gasteiger partial charge in [0.05, 0.1) is 0 Å². The number of aliphatic imine (C=N–C) groups is 1. The van der Waals surface area contributed by atoms with E-state index in [1.165, 1.54) is 13.0 Å². The standard InChI is InChI=1S/C6H10N2O2/c1-3-4-10-6(9)8-5(2)7/h3H,1,4H2,2H3,(H2,7,8,9). The van der Waals surface area contributed by atoms with Crippen LogP contribution in [0.25, 0.3) is 0 Å². The molecular formula is C6H10N2O2. The Morgan fingerprint density at radius 3 is 2.90 bits per heavy atom. The molecule has 56 valence electrons. The molecule has 0 saturated carbocycles. The van der Waals surface area contributed by atoms with E-state index in [1.807, 2.05) is 0 Å². The quantitative estimate of drug-likeness (QED) is 0.350. The van der Waals surface area contributed by atoms with Crippen molar-refractivity contribution >= 4 is 11.9 Å². The summed E-state index contributed by atoms with van der Waals surface area (Å²) in [5.41, 5.74) is 5.09. The number of rotatable bonds is 2. The number of carbonyl (C=O) groups is 1. The van der Waals surface area contributed by atoms with Gasteiger partial charge in [-0.25, -0.2) is 4.79 Å². The molecule has 1 amide bonds. The Hall–Kier alpha value is -1.32. The Balaban J connectivity index is 3.64. The molecule has 4 heteroatoms.